The standard InChI is InChI=1S/C10H17N3O2/c1-4-5-9-8(6-14)11-12-13(9)7-10(2,3)15/h6,15H,4-5,7H2,1-3H3. The maximum absolute atomic E-state index is 10.7. The summed E-state index contributed by atoms with van der Waals surface area (Å²) in [7, 11) is 0. The van der Waals surface area contributed by atoms with Crippen LogP contribution >= 0.6 is 0 Å². The van der Waals surface area contributed by atoms with Crippen LogP contribution < -0.4 is 0 Å². The Morgan fingerprint density at radius 3 is 2.67 bits per heavy atom. The smallest absolute Gasteiger partial charge is 0.172 e. The number of aromatic nitrogens is 3. The Labute approximate surface area is 89.1 Å². The average molecular weight is 211 g/mol. The molecule has 0 aliphatic carbocycles. The molecular formula is C10H17N3O2. The molecule has 1 aromatic rings. The molecule has 0 aliphatic heterocycles. The van der Waals surface area contributed by atoms with Crippen molar-refractivity contribution >= 4 is 6.29 Å². The third-order valence-electron chi connectivity index (χ3n) is 2.00. The highest BCUT2D eigenvalue weighted by molar-refractivity contribution is 5.73. The number of aliphatic hydroxyl groups is 1. The van der Waals surface area contributed by atoms with E-state index in [1.165, 1.54) is 0 Å². The van der Waals surface area contributed by atoms with Gasteiger partial charge in [0.15, 0.2) is 6.29 Å². The summed E-state index contributed by atoms with van der Waals surface area (Å²) in [5.74, 6) is 0. The molecule has 84 valence electrons. The van der Waals surface area contributed by atoms with Gasteiger partial charge in [0.2, 0.25) is 0 Å². The van der Waals surface area contributed by atoms with E-state index in [0.717, 1.165) is 18.5 Å². The van der Waals surface area contributed by atoms with Crippen molar-refractivity contribution in [3.8, 4) is 0 Å². The lowest BCUT2D eigenvalue weighted by molar-refractivity contribution is 0.0561. The predicted molar refractivity (Wildman–Crippen MR) is 55.7 cm³/mol. The van der Waals surface area contributed by atoms with Crippen molar-refractivity contribution in [2.45, 2.75) is 45.8 Å². The highest BCUT2D eigenvalue weighted by Crippen LogP contribution is 2.11. The van der Waals surface area contributed by atoms with Crippen molar-refractivity contribution in [1.82, 2.24) is 15.0 Å². The van der Waals surface area contributed by atoms with Crippen molar-refractivity contribution in [2.24, 2.45) is 0 Å². The number of rotatable bonds is 5. The number of nitrogens with zero attached hydrogens (tertiary/aromatic N) is 3. The maximum atomic E-state index is 10.7. The second-order valence-corrected chi connectivity index (χ2v) is 4.26. The van der Waals surface area contributed by atoms with Gasteiger partial charge in [0.25, 0.3) is 0 Å². The molecule has 0 aromatic carbocycles. The van der Waals surface area contributed by atoms with Gasteiger partial charge in [-0.15, -0.1) is 5.10 Å². The molecule has 0 spiro atoms. The molecule has 5 nitrogen and oxygen atoms in total. The minimum absolute atomic E-state index is 0.350. The molecule has 0 saturated carbocycles. The van der Waals surface area contributed by atoms with Gasteiger partial charge in [-0.1, -0.05) is 18.6 Å². The van der Waals surface area contributed by atoms with Crippen LogP contribution in [0.2, 0.25) is 0 Å². The Hall–Kier alpha value is -1.23. The summed E-state index contributed by atoms with van der Waals surface area (Å²) in [6.45, 7) is 5.77. The number of aldehydes is 1. The van der Waals surface area contributed by atoms with Gasteiger partial charge in [-0.25, -0.2) is 4.68 Å². The fourth-order valence-electron chi connectivity index (χ4n) is 1.43. The van der Waals surface area contributed by atoms with E-state index in [1.807, 2.05) is 6.92 Å². The van der Waals surface area contributed by atoms with E-state index in [1.54, 1.807) is 18.5 Å². The molecule has 0 saturated heterocycles. The van der Waals surface area contributed by atoms with E-state index in [2.05, 4.69) is 10.3 Å². The lowest BCUT2D eigenvalue weighted by Gasteiger charge is -2.17. The summed E-state index contributed by atoms with van der Waals surface area (Å²) >= 11 is 0. The van der Waals surface area contributed by atoms with Gasteiger partial charge in [-0.05, 0) is 20.3 Å². The fourth-order valence-corrected chi connectivity index (χ4v) is 1.43. The SMILES string of the molecule is CCCc1c(C=O)nnn1CC(C)(C)O. The van der Waals surface area contributed by atoms with Crippen molar-refractivity contribution in [3.05, 3.63) is 11.4 Å². The zero-order valence-electron chi connectivity index (χ0n) is 9.40. The summed E-state index contributed by atoms with van der Waals surface area (Å²) in [5.41, 5.74) is 0.326. The first-order valence-corrected chi connectivity index (χ1v) is 5.08. The molecule has 0 bridgehead atoms. The number of carbonyl (C=O) groups excluding carboxylic acids is 1. The number of hydrogen-bond donors (Lipinski definition) is 1. The van der Waals surface area contributed by atoms with E-state index in [0.29, 0.717) is 18.5 Å². The minimum atomic E-state index is -0.851. The fraction of sp³-hybridized carbons (Fsp3) is 0.700. The minimum Gasteiger partial charge on any atom is -0.389 e. The quantitative estimate of drug-likeness (QED) is 0.732. The first-order valence-electron chi connectivity index (χ1n) is 5.08. The Bertz CT molecular complexity index is 339. The zero-order valence-corrected chi connectivity index (χ0v) is 9.40. The largest absolute Gasteiger partial charge is 0.389 e. The molecule has 0 amide bonds. The van der Waals surface area contributed by atoms with E-state index in [9.17, 15) is 9.90 Å². The molecule has 1 N–H and O–H groups in total. The summed E-state index contributed by atoms with van der Waals surface area (Å²) in [4.78, 5) is 10.7. The second-order valence-electron chi connectivity index (χ2n) is 4.26. The second kappa shape index (κ2) is 4.53. The van der Waals surface area contributed by atoms with Crippen LogP contribution in [0.1, 0.15) is 43.4 Å². The molecule has 0 unspecified atom stereocenters. The Kier molecular flexibility index (Phi) is 3.57. The van der Waals surface area contributed by atoms with Gasteiger partial charge in [0.05, 0.1) is 17.8 Å². The molecule has 15 heavy (non-hydrogen) atoms. The van der Waals surface area contributed by atoms with Crippen LogP contribution in [0.25, 0.3) is 0 Å². The van der Waals surface area contributed by atoms with Crippen LogP contribution in [0.5, 0.6) is 0 Å². The van der Waals surface area contributed by atoms with Gasteiger partial charge in [-0.2, -0.15) is 0 Å². The summed E-state index contributed by atoms with van der Waals surface area (Å²) in [6.07, 6.45) is 2.37. The summed E-state index contributed by atoms with van der Waals surface area (Å²) in [6, 6.07) is 0. The van der Waals surface area contributed by atoms with Crippen LogP contribution in [-0.4, -0.2) is 32.0 Å². The van der Waals surface area contributed by atoms with Crippen LogP contribution in [0.4, 0.5) is 0 Å². The molecule has 0 atom stereocenters. The van der Waals surface area contributed by atoms with Crippen molar-refractivity contribution in [1.29, 1.82) is 0 Å². The third-order valence-corrected chi connectivity index (χ3v) is 2.00. The maximum Gasteiger partial charge on any atom is 0.172 e. The van der Waals surface area contributed by atoms with Crippen molar-refractivity contribution in [3.63, 3.8) is 0 Å². The van der Waals surface area contributed by atoms with Gasteiger partial charge in [-0.3, -0.25) is 4.79 Å². The van der Waals surface area contributed by atoms with E-state index in [4.69, 9.17) is 0 Å². The molecular weight excluding hydrogens is 194 g/mol. The van der Waals surface area contributed by atoms with E-state index in [-0.39, 0.29) is 0 Å². The highest BCUT2D eigenvalue weighted by atomic mass is 16.3. The molecule has 1 rings (SSSR count). The molecule has 0 aliphatic rings. The van der Waals surface area contributed by atoms with Crippen molar-refractivity contribution in [2.75, 3.05) is 0 Å². The van der Waals surface area contributed by atoms with Crippen LogP contribution in [0.15, 0.2) is 0 Å². The Morgan fingerprint density at radius 2 is 2.20 bits per heavy atom. The molecule has 1 aromatic heterocycles. The number of carbonyl (C=O) groups is 1. The predicted octanol–water partition coefficient (Wildman–Crippen LogP) is 0.814. The monoisotopic (exact) mass is 211 g/mol. The molecule has 0 radical (unpaired) electrons. The Balaban J connectivity index is 2.96. The summed E-state index contributed by atoms with van der Waals surface area (Å²) < 4.78 is 1.60. The van der Waals surface area contributed by atoms with Crippen LogP contribution in [0.3, 0.4) is 0 Å². The summed E-state index contributed by atoms with van der Waals surface area (Å²) in [5, 5.41) is 17.3. The molecule has 5 heteroatoms. The normalized spacial score (nSPS) is 11.7. The first-order chi connectivity index (χ1) is 6.98. The van der Waals surface area contributed by atoms with E-state index < -0.39 is 5.60 Å². The average Bonchev–Trinajstić information content (AvgIpc) is 2.47. The molecule has 1 heterocycles. The Morgan fingerprint density at radius 1 is 1.53 bits per heavy atom. The van der Waals surface area contributed by atoms with Gasteiger partial charge < -0.3 is 5.11 Å². The highest BCUT2D eigenvalue weighted by Gasteiger charge is 2.18. The van der Waals surface area contributed by atoms with Crippen LogP contribution in [0, 0.1) is 0 Å². The van der Waals surface area contributed by atoms with Gasteiger partial charge >= 0.3 is 0 Å². The molecule has 0 fully saturated rings. The van der Waals surface area contributed by atoms with Gasteiger partial charge in [0.1, 0.15) is 5.69 Å². The first kappa shape index (κ1) is 11.8. The van der Waals surface area contributed by atoms with Gasteiger partial charge in [0, 0.05) is 0 Å². The van der Waals surface area contributed by atoms with E-state index >= 15 is 0 Å². The zero-order chi connectivity index (χ0) is 11.5. The van der Waals surface area contributed by atoms with Crippen molar-refractivity contribution < 1.29 is 9.90 Å². The van der Waals surface area contributed by atoms with Crippen LogP contribution in [-0.2, 0) is 13.0 Å². The third kappa shape index (κ3) is 3.13. The number of hydrogen-bond acceptors (Lipinski definition) is 4. The lowest BCUT2D eigenvalue weighted by atomic mass is 10.1. The lowest BCUT2D eigenvalue weighted by Crippen LogP contribution is -2.27. The topological polar surface area (TPSA) is 68.0 Å².